The number of phenols is 1. The van der Waals surface area contributed by atoms with Gasteiger partial charge in [-0.3, -0.25) is 0 Å². The Morgan fingerprint density at radius 3 is 2.67 bits per heavy atom. The molecule has 2 rings (SSSR count). The molecule has 0 bridgehead atoms. The molecule has 0 amide bonds. The second kappa shape index (κ2) is 5.64. The lowest BCUT2D eigenvalue weighted by Crippen LogP contribution is -2.25. The molecule has 0 aliphatic heterocycles. The normalized spacial score (nSPS) is 11.1. The fraction of sp³-hybridized carbons (Fsp3) is 0.385. The number of aromatic hydroxyl groups is 1. The zero-order valence-electron chi connectivity index (χ0n) is 10.6. The van der Waals surface area contributed by atoms with Crippen LogP contribution in [0.2, 0.25) is 0 Å². The molecule has 0 fully saturated rings. The van der Waals surface area contributed by atoms with Gasteiger partial charge in [-0.2, -0.15) is 4.98 Å². The van der Waals surface area contributed by atoms with Gasteiger partial charge >= 0.3 is 0 Å². The van der Waals surface area contributed by atoms with E-state index in [1.807, 2.05) is 0 Å². The van der Waals surface area contributed by atoms with Crippen LogP contribution in [0, 0.1) is 0 Å². The quantitative estimate of drug-likeness (QED) is 0.845. The van der Waals surface area contributed by atoms with E-state index in [4.69, 9.17) is 4.52 Å². The molecule has 18 heavy (non-hydrogen) atoms. The second-order valence-corrected chi connectivity index (χ2v) is 4.42. The Kier molecular flexibility index (Phi) is 3.94. The van der Waals surface area contributed by atoms with Gasteiger partial charge in [0.1, 0.15) is 5.75 Å². The number of rotatable bonds is 5. The molecule has 0 unspecified atom stereocenters. The Morgan fingerprint density at radius 2 is 2.00 bits per heavy atom. The summed E-state index contributed by atoms with van der Waals surface area (Å²) in [5.41, 5.74) is 0.833. The van der Waals surface area contributed by atoms with Crippen molar-refractivity contribution in [2.75, 3.05) is 6.54 Å². The summed E-state index contributed by atoms with van der Waals surface area (Å²) in [6.07, 6.45) is 0.712. The van der Waals surface area contributed by atoms with Crippen LogP contribution >= 0.6 is 0 Å². The molecular formula is C13H17N3O2. The van der Waals surface area contributed by atoms with Crippen LogP contribution < -0.4 is 5.32 Å². The summed E-state index contributed by atoms with van der Waals surface area (Å²) in [6, 6.07) is 7.17. The fourth-order valence-electron chi connectivity index (χ4n) is 1.55. The zero-order valence-corrected chi connectivity index (χ0v) is 10.6. The minimum absolute atomic E-state index is 0.226. The lowest BCUT2D eigenvalue weighted by Gasteiger charge is -2.04. The molecule has 1 aromatic carbocycles. The molecule has 2 aromatic rings. The van der Waals surface area contributed by atoms with E-state index in [1.165, 1.54) is 0 Å². The standard InChI is InChI=1S/C13H17N3O2/c1-9(2)14-8-7-12-15-13(16-18-12)10-3-5-11(17)6-4-10/h3-6,9,14,17H,7-8H2,1-2H3. The van der Waals surface area contributed by atoms with Crippen LogP contribution in [0.1, 0.15) is 19.7 Å². The molecule has 0 saturated carbocycles. The highest BCUT2D eigenvalue weighted by Gasteiger charge is 2.08. The topological polar surface area (TPSA) is 71.2 Å². The maximum absolute atomic E-state index is 9.20. The van der Waals surface area contributed by atoms with Crippen LogP contribution in [0.3, 0.4) is 0 Å². The lowest BCUT2D eigenvalue weighted by atomic mass is 10.2. The molecule has 0 aliphatic rings. The van der Waals surface area contributed by atoms with Gasteiger partial charge in [-0.05, 0) is 24.3 Å². The Morgan fingerprint density at radius 1 is 1.28 bits per heavy atom. The van der Waals surface area contributed by atoms with Crippen molar-refractivity contribution >= 4 is 0 Å². The Balaban J connectivity index is 1.99. The van der Waals surface area contributed by atoms with Crippen LogP contribution in [0.5, 0.6) is 5.75 Å². The summed E-state index contributed by atoms with van der Waals surface area (Å²) >= 11 is 0. The second-order valence-electron chi connectivity index (χ2n) is 4.42. The molecule has 0 spiro atoms. The highest BCUT2D eigenvalue weighted by atomic mass is 16.5. The third-order valence-corrected chi connectivity index (χ3v) is 2.49. The third-order valence-electron chi connectivity index (χ3n) is 2.49. The minimum Gasteiger partial charge on any atom is -0.508 e. The van der Waals surface area contributed by atoms with Crippen LogP contribution in [-0.2, 0) is 6.42 Å². The smallest absolute Gasteiger partial charge is 0.228 e. The van der Waals surface area contributed by atoms with E-state index in [9.17, 15) is 5.11 Å². The first-order chi connectivity index (χ1) is 8.65. The molecule has 5 heteroatoms. The van der Waals surface area contributed by atoms with E-state index >= 15 is 0 Å². The SMILES string of the molecule is CC(C)NCCc1nc(-c2ccc(O)cc2)no1. The largest absolute Gasteiger partial charge is 0.508 e. The first kappa shape index (κ1) is 12.6. The van der Waals surface area contributed by atoms with Crippen molar-refractivity contribution < 1.29 is 9.63 Å². The monoisotopic (exact) mass is 247 g/mol. The van der Waals surface area contributed by atoms with E-state index in [0.29, 0.717) is 24.2 Å². The molecular weight excluding hydrogens is 230 g/mol. The van der Waals surface area contributed by atoms with Crippen LogP contribution in [0.4, 0.5) is 0 Å². The first-order valence-electron chi connectivity index (χ1n) is 6.00. The first-order valence-corrected chi connectivity index (χ1v) is 6.00. The van der Waals surface area contributed by atoms with E-state index in [0.717, 1.165) is 12.1 Å². The Bertz CT molecular complexity index is 491. The van der Waals surface area contributed by atoms with Crippen molar-refractivity contribution in [2.45, 2.75) is 26.3 Å². The van der Waals surface area contributed by atoms with E-state index in [2.05, 4.69) is 29.3 Å². The predicted molar refractivity (Wildman–Crippen MR) is 68.2 cm³/mol. The minimum atomic E-state index is 0.226. The molecule has 5 nitrogen and oxygen atoms in total. The number of benzene rings is 1. The highest BCUT2D eigenvalue weighted by molar-refractivity contribution is 5.55. The number of phenolic OH excluding ortho intramolecular Hbond substituents is 1. The summed E-state index contributed by atoms with van der Waals surface area (Å²) in [5.74, 6) is 1.39. The van der Waals surface area contributed by atoms with Crippen molar-refractivity contribution in [3.8, 4) is 17.1 Å². The maximum Gasteiger partial charge on any atom is 0.228 e. The molecule has 0 saturated heterocycles. The number of nitrogens with zero attached hydrogens (tertiary/aromatic N) is 2. The lowest BCUT2D eigenvalue weighted by molar-refractivity contribution is 0.374. The van der Waals surface area contributed by atoms with Crippen LogP contribution in [0.15, 0.2) is 28.8 Å². The van der Waals surface area contributed by atoms with Gasteiger partial charge in [0.05, 0.1) is 0 Å². The van der Waals surface area contributed by atoms with Crippen molar-refractivity contribution in [2.24, 2.45) is 0 Å². The van der Waals surface area contributed by atoms with Crippen molar-refractivity contribution in [3.05, 3.63) is 30.2 Å². The van der Waals surface area contributed by atoms with Gasteiger partial charge in [-0.15, -0.1) is 0 Å². The summed E-state index contributed by atoms with van der Waals surface area (Å²) in [5, 5.41) is 16.4. The predicted octanol–water partition coefficient (Wildman–Crippen LogP) is 1.98. The summed E-state index contributed by atoms with van der Waals surface area (Å²) in [6.45, 7) is 5.00. The summed E-state index contributed by atoms with van der Waals surface area (Å²) in [4.78, 5) is 4.31. The van der Waals surface area contributed by atoms with Crippen molar-refractivity contribution in [1.82, 2.24) is 15.5 Å². The van der Waals surface area contributed by atoms with Gasteiger partial charge in [0.15, 0.2) is 0 Å². The zero-order chi connectivity index (χ0) is 13.0. The third kappa shape index (κ3) is 3.30. The molecule has 0 radical (unpaired) electrons. The van der Waals surface area contributed by atoms with Gasteiger partial charge in [0.25, 0.3) is 0 Å². The van der Waals surface area contributed by atoms with Gasteiger partial charge in [-0.1, -0.05) is 19.0 Å². The van der Waals surface area contributed by atoms with E-state index in [1.54, 1.807) is 24.3 Å². The average Bonchev–Trinajstić information content (AvgIpc) is 2.78. The van der Waals surface area contributed by atoms with Gasteiger partial charge in [0.2, 0.25) is 11.7 Å². The maximum atomic E-state index is 9.20. The number of aromatic nitrogens is 2. The average molecular weight is 247 g/mol. The number of hydrogen-bond donors (Lipinski definition) is 2. The van der Waals surface area contributed by atoms with E-state index in [-0.39, 0.29) is 5.75 Å². The summed E-state index contributed by atoms with van der Waals surface area (Å²) < 4.78 is 5.17. The molecule has 1 heterocycles. The van der Waals surface area contributed by atoms with Gasteiger partial charge in [0, 0.05) is 24.6 Å². The number of nitrogens with one attached hydrogen (secondary N) is 1. The van der Waals surface area contributed by atoms with Crippen molar-refractivity contribution in [3.63, 3.8) is 0 Å². The summed E-state index contributed by atoms with van der Waals surface area (Å²) in [7, 11) is 0. The Hall–Kier alpha value is -1.88. The van der Waals surface area contributed by atoms with Gasteiger partial charge in [-0.25, -0.2) is 0 Å². The van der Waals surface area contributed by atoms with Crippen molar-refractivity contribution in [1.29, 1.82) is 0 Å². The van der Waals surface area contributed by atoms with Crippen LogP contribution in [-0.4, -0.2) is 27.8 Å². The molecule has 0 atom stereocenters. The molecule has 1 aromatic heterocycles. The van der Waals surface area contributed by atoms with E-state index < -0.39 is 0 Å². The van der Waals surface area contributed by atoms with Crippen LogP contribution in [0.25, 0.3) is 11.4 Å². The molecule has 96 valence electrons. The van der Waals surface area contributed by atoms with Gasteiger partial charge < -0.3 is 14.9 Å². The fourth-order valence-corrected chi connectivity index (χ4v) is 1.55. The highest BCUT2D eigenvalue weighted by Crippen LogP contribution is 2.18. The number of hydrogen-bond acceptors (Lipinski definition) is 5. The molecule has 2 N–H and O–H groups in total. The molecule has 0 aliphatic carbocycles. The Labute approximate surface area is 106 Å².